The Bertz CT molecular complexity index is 351. The number of fused-ring (bicyclic) bond motifs is 1. The van der Waals surface area contributed by atoms with Crippen LogP contribution in [0.5, 0.6) is 0 Å². The van der Waals surface area contributed by atoms with Crippen LogP contribution in [0.2, 0.25) is 0 Å². The largest absolute Gasteiger partial charge is 0.393 e. The molecule has 0 aromatic heterocycles. The molecule has 0 heterocycles. The van der Waals surface area contributed by atoms with E-state index in [1.807, 2.05) is 13.8 Å². The van der Waals surface area contributed by atoms with Crippen molar-refractivity contribution in [3.8, 4) is 0 Å². The molecule has 0 bridgehead atoms. The molecule has 4 unspecified atom stereocenters. The third-order valence-corrected chi connectivity index (χ3v) is 8.83. The van der Waals surface area contributed by atoms with Crippen molar-refractivity contribution in [2.45, 2.75) is 117 Å². The number of aliphatic hydroxyl groups excluding tert-OH is 1. The van der Waals surface area contributed by atoms with E-state index in [-0.39, 0.29) is 6.10 Å². The van der Waals surface area contributed by atoms with Gasteiger partial charge in [-0.25, -0.2) is 0 Å². The van der Waals surface area contributed by atoms with E-state index in [9.17, 15) is 5.11 Å². The zero-order chi connectivity index (χ0) is 18.5. The van der Waals surface area contributed by atoms with Crippen molar-refractivity contribution >= 4 is 0 Å². The van der Waals surface area contributed by atoms with E-state index in [4.69, 9.17) is 0 Å². The number of hydrogen-bond donors (Lipinski definition) is 1. The molecule has 26 heavy (non-hydrogen) atoms. The molecule has 4 saturated carbocycles. The van der Waals surface area contributed by atoms with Gasteiger partial charge in [0.2, 0.25) is 0 Å². The van der Waals surface area contributed by atoms with Crippen LogP contribution in [-0.4, -0.2) is 11.2 Å². The Hall–Kier alpha value is -0.0400. The summed E-state index contributed by atoms with van der Waals surface area (Å²) >= 11 is 0. The van der Waals surface area contributed by atoms with Crippen molar-refractivity contribution in [1.29, 1.82) is 0 Å². The molecular formula is C25H46O. The number of rotatable bonds is 2. The average molecular weight is 363 g/mol. The Morgan fingerprint density at radius 1 is 0.462 bits per heavy atom. The first kappa shape index (κ1) is 20.7. The maximum absolute atomic E-state index is 9.78. The predicted molar refractivity (Wildman–Crippen MR) is 112 cm³/mol. The zero-order valence-corrected chi connectivity index (χ0v) is 18.0. The Morgan fingerprint density at radius 3 is 1.19 bits per heavy atom. The molecule has 152 valence electrons. The standard InChI is InChI=1S/C23H40O.C2H6/c1-16-2-4-17(5-3-16)19-6-8-22-15-20(7-9-21(22)14-19)18-10-12-23(24)13-11-18;1-2/h16-24H,2-15H2,1H3;1-2H3. The van der Waals surface area contributed by atoms with E-state index in [0.717, 1.165) is 54.3 Å². The maximum atomic E-state index is 9.78. The molecule has 1 N–H and O–H groups in total. The minimum atomic E-state index is 0.0197. The van der Waals surface area contributed by atoms with Gasteiger partial charge in [0.05, 0.1) is 6.10 Å². The monoisotopic (exact) mass is 362 g/mol. The van der Waals surface area contributed by atoms with Crippen LogP contribution in [0.25, 0.3) is 0 Å². The average Bonchev–Trinajstić information content (AvgIpc) is 2.70. The molecule has 0 radical (unpaired) electrons. The summed E-state index contributed by atoms with van der Waals surface area (Å²) in [6, 6.07) is 0. The number of aliphatic hydroxyl groups is 1. The summed E-state index contributed by atoms with van der Waals surface area (Å²) in [5, 5.41) is 9.78. The lowest BCUT2D eigenvalue weighted by atomic mass is 9.59. The van der Waals surface area contributed by atoms with Crippen LogP contribution in [0.15, 0.2) is 0 Å². The molecule has 4 rings (SSSR count). The Morgan fingerprint density at radius 2 is 0.769 bits per heavy atom. The molecular weight excluding hydrogens is 316 g/mol. The quantitative estimate of drug-likeness (QED) is 0.549. The minimum Gasteiger partial charge on any atom is -0.393 e. The van der Waals surface area contributed by atoms with E-state index < -0.39 is 0 Å². The van der Waals surface area contributed by atoms with Crippen molar-refractivity contribution in [3.63, 3.8) is 0 Å². The second-order valence-electron chi connectivity index (χ2n) is 10.3. The highest BCUT2D eigenvalue weighted by Gasteiger charge is 2.40. The predicted octanol–water partition coefficient (Wildman–Crippen LogP) is 7.22. The zero-order valence-electron chi connectivity index (χ0n) is 18.0. The van der Waals surface area contributed by atoms with Gasteiger partial charge in [0, 0.05) is 0 Å². The van der Waals surface area contributed by atoms with Crippen molar-refractivity contribution < 1.29 is 5.11 Å². The van der Waals surface area contributed by atoms with E-state index in [2.05, 4.69) is 6.92 Å². The summed E-state index contributed by atoms with van der Waals surface area (Å²) in [5.41, 5.74) is 0. The van der Waals surface area contributed by atoms with Crippen LogP contribution in [0.1, 0.15) is 111 Å². The van der Waals surface area contributed by atoms with Gasteiger partial charge in [-0.3, -0.25) is 0 Å². The fraction of sp³-hybridized carbons (Fsp3) is 1.00. The Labute approximate surface area is 163 Å². The Kier molecular flexibility index (Phi) is 7.91. The lowest BCUT2D eigenvalue weighted by Gasteiger charge is -2.47. The van der Waals surface area contributed by atoms with Gasteiger partial charge in [-0.05, 0) is 118 Å². The molecule has 1 heteroatoms. The number of hydrogen-bond acceptors (Lipinski definition) is 1. The third kappa shape index (κ3) is 5.06. The van der Waals surface area contributed by atoms with Gasteiger partial charge in [-0.2, -0.15) is 0 Å². The maximum Gasteiger partial charge on any atom is 0.0540 e. The van der Waals surface area contributed by atoms with Gasteiger partial charge in [0.25, 0.3) is 0 Å². The van der Waals surface area contributed by atoms with Gasteiger partial charge in [0.15, 0.2) is 0 Å². The first-order chi connectivity index (χ1) is 12.7. The van der Waals surface area contributed by atoms with E-state index in [1.165, 1.54) is 51.4 Å². The molecule has 4 aliphatic carbocycles. The van der Waals surface area contributed by atoms with Crippen LogP contribution in [0.3, 0.4) is 0 Å². The summed E-state index contributed by atoms with van der Waals surface area (Å²) in [4.78, 5) is 0. The lowest BCUT2D eigenvalue weighted by molar-refractivity contribution is 0.0275. The van der Waals surface area contributed by atoms with Crippen molar-refractivity contribution in [1.82, 2.24) is 0 Å². The molecule has 0 aromatic carbocycles. The smallest absolute Gasteiger partial charge is 0.0540 e. The van der Waals surface area contributed by atoms with Crippen LogP contribution in [-0.2, 0) is 0 Å². The summed E-state index contributed by atoms with van der Waals surface area (Å²) in [6.45, 7) is 6.46. The fourth-order valence-corrected chi connectivity index (χ4v) is 7.15. The first-order valence-electron chi connectivity index (χ1n) is 12.4. The molecule has 4 fully saturated rings. The highest BCUT2D eigenvalue weighted by molar-refractivity contribution is 4.91. The van der Waals surface area contributed by atoms with Crippen LogP contribution in [0, 0.1) is 41.4 Å². The Balaban J connectivity index is 0.000000948. The summed E-state index contributed by atoms with van der Waals surface area (Å²) < 4.78 is 0. The molecule has 4 atom stereocenters. The summed E-state index contributed by atoms with van der Waals surface area (Å²) in [5.74, 6) is 7.27. The van der Waals surface area contributed by atoms with Gasteiger partial charge in [-0.1, -0.05) is 33.6 Å². The highest BCUT2D eigenvalue weighted by atomic mass is 16.3. The van der Waals surface area contributed by atoms with Crippen molar-refractivity contribution in [3.05, 3.63) is 0 Å². The van der Waals surface area contributed by atoms with Gasteiger partial charge >= 0.3 is 0 Å². The highest BCUT2D eigenvalue weighted by Crippen LogP contribution is 2.51. The molecule has 1 nitrogen and oxygen atoms in total. The van der Waals surface area contributed by atoms with E-state index in [0.29, 0.717) is 0 Å². The van der Waals surface area contributed by atoms with E-state index >= 15 is 0 Å². The normalized spacial score (nSPS) is 46.6. The first-order valence-corrected chi connectivity index (χ1v) is 12.4. The molecule has 0 saturated heterocycles. The second-order valence-corrected chi connectivity index (χ2v) is 10.3. The summed E-state index contributed by atoms with van der Waals surface area (Å²) in [7, 11) is 0. The van der Waals surface area contributed by atoms with Gasteiger partial charge in [0.1, 0.15) is 0 Å². The molecule has 0 amide bonds. The van der Waals surface area contributed by atoms with Crippen LogP contribution >= 0.6 is 0 Å². The van der Waals surface area contributed by atoms with Crippen molar-refractivity contribution in [2.75, 3.05) is 0 Å². The summed E-state index contributed by atoms with van der Waals surface area (Å²) in [6.07, 6.45) is 20.2. The second kappa shape index (κ2) is 9.94. The van der Waals surface area contributed by atoms with Gasteiger partial charge in [-0.15, -0.1) is 0 Å². The molecule has 4 aliphatic rings. The molecule has 0 aromatic rings. The topological polar surface area (TPSA) is 20.2 Å². The molecule has 0 spiro atoms. The van der Waals surface area contributed by atoms with E-state index in [1.54, 1.807) is 25.7 Å². The van der Waals surface area contributed by atoms with Crippen LogP contribution < -0.4 is 0 Å². The molecule has 0 aliphatic heterocycles. The lowest BCUT2D eigenvalue weighted by Crippen LogP contribution is -2.37. The minimum absolute atomic E-state index is 0.0197. The SMILES string of the molecule is CC.CC1CCC(C2CCC3CC(C4CCC(O)CC4)CCC3C2)CC1. The van der Waals surface area contributed by atoms with Gasteiger partial charge < -0.3 is 5.11 Å². The fourth-order valence-electron chi connectivity index (χ4n) is 7.15. The van der Waals surface area contributed by atoms with Crippen LogP contribution in [0.4, 0.5) is 0 Å². The third-order valence-electron chi connectivity index (χ3n) is 8.83. The van der Waals surface area contributed by atoms with Crippen molar-refractivity contribution in [2.24, 2.45) is 41.4 Å².